The average molecular weight is 217 g/mol. The smallest absolute Gasteiger partial charge is 0.337 e. The van der Waals surface area contributed by atoms with Crippen molar-refractivity contribution in [2.24, 2.45) is 0 Å². The van der Waals surface area contributed by atoms with Gasteiger partial charge in [-0.3, -0.25) is 0 Å². The number of H-pyrrole nitrogens is 1. The number of hydrogen-bond acceptors (Lipinski definition) is 2. The maximum atomic E-state index is 11.4. The highest BCUT2D eigenvalue weighted by molar-refractivity contribution is 5.96. The van der Waals surface area contributed by atoms with Gasteiger partial charge < -0.3 is 9.72 Å². The Bertz CT molecular complexity index is 540. The van der Waals surface area contributed by atoms with E-state index in [1.807, 2.05) is 12.1 Å². The Balaban J connectivity index is 2.64. The molecular formula is C13H15NO2. The fourth-order valence-electron chi connectivity index (χ4n) is 2.08. The number of rotatable bonds is 2. The number of carbonyl (C=O) groups excluding carboxylic acids is 1. The summed E-state index contributed by atoms with van der Waals surface area (Å²) < 4.78 is 4.72. The molecule has 1 heterocycles. The van der Waals surface area contributed by atoms with Crippen LogP contribution in [0.4, 0.5) is 0 Å². The topological polar surface area (TPSA) is 42.1 Å². The van der Waals surface area contributed by atoms with E-state index in [1.54, 1.807) is 6.07 Å². The summed E-state index contributed by atoms with van der Waals surface area (Å²) in [4.78, 5) is 14.7. The summed E-state index contributed by atoms with van der Waals surface area (Å²) in [5.41, 5.74) is 4.10. The van der Waals surface area contributed by atoms with Crippen molar-refractivity contribution in [3.63, 3.8) is 0 Å². The molecular weight excluding hydrogens is 202 g/mol. The van der Waals surface area contributed by atoms with Crippen molar-refractivity contribution in [2.75, 3.05) is 7.11 Å². The summed E-state index contributed by atoms with van der Waals surface area (Å²) in [7, 11) is 1.40. The standard InChI is InChI=1S/C13H15NO2/c1-4-10-8(2)14-12-6-5-9(7-11(10)12)13(15)16-3/h5-7,14H,4H2,1-3H3. The van der Waals surface area contributed by atoms with Crippen molar-refractivity contribution in [1.82, 2.24) is 4.98 Å². The highest BCUT2D eigenvalue weighted by Crippen LogP contribution is 2.24. The number of hydrogen-bond donors (Lipinski definition) is 1. The second-order valence-corrected chi connectivity index (χ2v) is 3.83. The molecule has 2 aromatic rings. The van der Waals surface area contributed by atoms with Crippen LogP contribution in [0.2, 0.25) is 0 Å². The van der Waals surface area contributed by atoms with Crippen molar-refractivity contribution < 1.29 is 9.53 Å². The van der Waals surface area contributed by atoms with Gasteiger partial charge in [0.15, 0.2) is 0 Å². The van der Waals surface area contributed by atoms with E-state index in [2.05, 4.69) is 18.8 Å². The van der Waals surface area contributed by atoms with Crippen LogP contribution in [0.3, 0.4) is 0 Å². The third kappa shape index (κ3) is 1.58. The molecule has 0 amide bonds. The average Bonchev–Trinajstić information content (AvgIpc) is 2.62. The molecule has 16 heavy (non-hydrogen) atoms. The molecule has 0 aliphatic carbocycles. The lowest BCUT2D eigenvalue weighted by atomic mass is 10.1. The summed E-state index contributed by atoms with van der Waals surface area (Å²) >= 11 is 0. The molecule has 3 nitrogen and oxygen atoms in total. The lowest BCUT2D eigenvalue weighted by molar-refractivity contribution is 0.0601. The summed E-state index contributed by atoms with van der Waals surface area (Å²) in [5.74, 6) is -0.289. The van der Waals surface area contributed by atoms with Gasteiger partial charge in [-0.05, 0) is 37.1 Å². The summed E-state index contributed by atoms with van der Waals surface area (Å²) in [6.07, 6.45) is 0.955. The van der Waals surface area contributed by atoms with Crippen molar-refractivity contribution in [3.8, 4) is 0 Å². The van der Waals surface area contributed by atoms with Gasteiger partial charge >= 0.3 is 5.97 Å². The number of fused-ring (bicyclic) bond motifs is 1. The van der Waals surface area contributed by atoms with Crippen LogP contribution in [-0.2, 0) is 11.2 Å². The Kier molecular flexibility index (Phi) is 2.69. The van der Waals surface area contributed by atoms with Crippen LogP contribution < -0.4 is 0 Å². The van der Waals surface area contributed by atoms with Gasteiger partial charge in [-0.2, -0.15) is 0 Å². The minimum Gasteiger partial charge on any atom is -0.465 e. The molecule has 0 saturated heterocycles. The van der Waals surface area contributed by atoms with Gasteiger partial charge in [-0.1, -0.05) is 6.92 Å². The van der Waals surface area contributed by atoms with Crippen LogP contribution in [0, 0.1) is 6.92 Å². The number of aromatic amines is 1. The Morgan fingerprint density at radius 3 is 2.81 bits per heavy atom. The van der Waals surface area contributed by atoms with E-state index in [0.717, 1.165) is 17.3 Å². The molecule has 84 valence electrons. The van der Waals surface area contributed by atoms with Gasteiger partial charge in [-0.25, -0.2) is 4.79 Å². The number of aryl methyl sites for hydroxylation is 2. The van der Waals surface area contributed by atoms with Crippen molar-refractivity contribution in [1.29, 1.82) is 0 Å². The first-order valence-corrected chi connectivity index (χ1v) is 5.37. The summed E-state index contributed by atoms with van der Waals surface area (Å²) in [6, 6.07) is 5.60. The molecule has 2 rings (SSSR count). The number of benzene rings is 1. The second-order valence-electron chi connectivity index (χ2n) is 3.83. The Morgan fingerprint density at radius 2 is 2.19 bits per heavy atom. The first-order chi connectivity index (χ1) is 7.67. The van der Waals surface area contributed by atoms with Gasteiger partial charge in [0.1, 0.15) is 0 Å². The zero-order chi connectivity index (χ0) is 11.7. The van der Waals surface area contributed by atoms with E-state index in [9.17, 15) is 4.79 Å². The highest BCUT2D eigenvalue weighted by Gasteiger charge is 2.10. The summed E-state index contributed by atoms with van der Waals surface area (Å²) in [5, 5.41) is 1.11. The predicted molar refractivity (Wildman–Crippen MR) is 63.8 cm³/mol. The van der Waals surface area contributed by atoms with Gasteiger partial charge in [0.2, 0.25) is 0 Å². The van der Waals surface area contributed by atoms with Crippen molar-refractivity contribution >= 4 is 16.9 Å². The number of nitrogens with one attached hydrogen (secondary N) is 1. The quantitative estimate of drug-likeness (QED) is 0.786. The van der Waals surface area contributed by atoms with E-state index in [0.29, 0.717) is 5.56 Å². The van der Waals surface area contributed by atoms with Crippen LogP contribution >= 0.6 is 0 Å². The monoisotopic (exact) mass is 217 g/mol. The minimum atomic E-state index is -0.289. The lowest BCUT2D eigenvalue weighted by Gasteiger charge is -2.00. The Morgan fingerprint density at radius 1 is 1.44 bits per heavy atom. The number of methoxy groups -OCH3 is 1. The molecule has 0 unspecified atom stereocenters. The van der Waals surface area contributed by atoms with Gasteiger partial charge in [0.25, 0.3) is 0 Å². The third-order valence-corrected chi connectivity index (χ3v) is 2.89. The number of aromatic nitrogens is 1. The maximum absolute atomic E-state index is 11.4. The number of ether oxygens (including phenoxy) is 1. The second kappa shape index (κ2) is 4.00. The first-order valence-electron chi connectivity index (χ1n) is 5.37. The van der Waals surface area contributed by atoms with E-state index in [4.69, 9.17) is 4.74 Å². The molecule has 0 atom stereocenters. The van der Waals surface area contributed by atoms with E-state index < -0.39 is 0 Å². The SMILES string of the molecule is CCc1c(C)[nH]c2ccc(C(=O)OC)cc12. The van der Waals surface area contributed by atoms with Crippen LogP contribution in [0.5, 0.6) is 0 Å². The summed E-state index contributed by atoms with van der Waals surface area (Å²) in [6.45, 7) is 4.16. The van der Waals surface area contributed by atoms with E-state index >= 15 is 0 Å². The molecule has 0 spiro atoms. The Hall–Kier alpha value is -1.77. The van der Waals surface area contributed by atoms with Gasteiger partial charge in [0.05, 0.1) is 12.7 Å². The number of esters is 1. The minimum absolute atomic E-state index is 0.289. The predicted octanol–water partition coefficient (Wildman–Crippen LogP) is 2.83. The van der Waals surface area contributed by atoms with E-state index in [-0.39, 0.29) is 5.97 Å². The molecule has 0 aliphatic heterocycles. The molecule has 1 aromatic carbocycles. The van der Waals surface area contributed by atoms with Gasteiger partial charge in [0, 0.05) is 16.6 Å². The fraction of sp³-hybridized carbons (Fsp3) is 0.308. The third-order valence-electron chi connectivity index (χ3n) is 2.89. The van der Waals surface area contributed by atoms with Crippen molar-refractivity contribution in [3.05, 3.63) is 35.0 Å². The molecule has 0 radical (unpaired) electrons. The van der Waals surface area contributed by atoms with Crippen LogP contribution in [-0.4, -0.2) is 18.1 Å². The Labute approximate surface area is 94.4 Å². The molecule has 0 fully saturated rings. The largest absolute Gasteiger partial charge is 0.465 e. The maximum Gasteiger partial charge on any atom is 0.337 e. The van der Waals surface area contributed by atoms with Crippen LogP contribution in [0.15, 0.2) is 18.2 Å². The molecule has 0 aliphatic rings. The van der Waals surface area contributed by atoms with Crippen molar-refractivity contribution in [2.45, 2.75) is 20.3 Å². The van der Waals surface area contributed by atoms with Gasteiger partial charge in [-0.15, -0.1) is 0 Å². The molecule has 0 bridgehead atoms. The lowest BCUT2D eigenvalue weighted by Crippen LogP contribution is -2.00. The normalized spacial score (nSPS) is 10.7. The first kappa shape index (κ1) is 10.7. The number of carbonyl (C=O) groups is 1. The van der Waals surface area contributed by atoms with Crippen LogP contribution in [0.1, 0.15) is 28.5 Å². The zero-order valence-electron chi connectivity index (χ0n) is 9.76. The molecule has 0 saturated carbocycles. The molecule has 1 aromatic heterocycles. The van der Waals surface area contributed by atoms with Crippen LogP contribution in [0.25, 0.3) is 10.9 Å². The molecule has 1 N–H and O–H groups in total. The molecule has 3 heteroatoms. The highest BCUT2D eigenvalue weighted by atomic mass is 16.5. The van der Waals surface area contributed by atoms with E-state index in [1.165, 1.54) is 18.4 Å². The fourth-order valence-corrected chi connectivity index (χ4v) is 2.08. The zero-order valence-corrected chi connectivity index (χ0v) is 9.76.